The van der Waals surface area contributed by atoms with Gasteiger partial charge in [-0.25, -0.2) is 9.97 Å². The number of piperazine rings is 1. The number of aryl methyl sites for hydroxylation is 2. The van der Waals surface area contributed by atoms with E-state index in [9.17, 15) is 4.79 Å². The first-order valence-electron chi connectivity index (χ1n) is 9.43. The van der Waals surface area contributed by atoms with Crippen molar-refractivity contribution >= 4 is 28.5 Å². The van der Waals surface area contributed by atoms with Gasteiger partial charge >= 0.3 is 0 Å². The van der Waals surface area contributed by atoms with Gasteiger partial charge in [0.2, 0.25) is 11.9 Å². The average molecular weight is 380 g/mol. The molecule has 0 bridgehead atoms. The Labute approximate surface area is 163 Å². The number of rotatable bonds is 4. The van der Waals surface area contributed by atoms with Gasteiger partial charge in [0.05, 0.1) is 23.5 Å². The van der Waals surface area contributed by atoms with Crippen LogP contribution in [0, 0.1) is 13.8 Å². The molecule has 1 aliphatic rings. The van der Waals surface area contributed by atoms with E-state index in [0.29, 0.717) is 17.0 Å². The van der Waals surface area contributed by atoms with E-state index < -0.39 is 0 Å². The Morgan fingerprint density at radius 3 is 2.50 bits per heavy atom. The number of para-hydroxylation sites is 1. The Balaban J connectivity index is 1.49. The second-order valence-electron chi connectivity index (χ2n) is 7.21. The molecule has 28 heavy (non-hydrogen) atoms. The molecule has 1 saturated heterocycles. The summed E-state index contributed by atoms with van der Waals surface area (Å²) in [5, 5.41) is 7.83. The number of carbonyl (C=O) groups is 1. The zero-order chi connectivity index (χ0) is 19.7. The summed E-state index contributed by atoms with van der Waals surface area (Å²) in [6.45, 7) is 7.59. The Hall–Kier alpha value is -3.00. The number of nitrogens with one attached hydrogen (secondary N) is 1. The van der Waals surface area contributed by atoms with Crippen LogP contribution in [0.15, 0.2) is 28.8 Å². The van der Waals surface area contributed by atoms with Crippen molar-refractivity contribution in [1.29, 1.82) is 0 Å². The van der Waals surface area contributed by atoms with Crippen LogP contribution in [0.3, 0.4) is 0 Å². The number of hydrogen-bond acceptors (Lipinski definition) is 7. The summed E-state index contributed by atoms with van der Waals surface area (Å²) in [5.74, 6) is 0.560. The Morgan fingerprint density at radius 2 is 1.79 bits per heavy atom. The summed E-state index contributed by atoms with van der Waals surface area (Å²) >= 11 is 0. The summed E-state index contributed by atoms with van der Waals surface area (Å²) < 4.78 is 5.27. The van der Waals surface area contributed by atoms with Gasteiger partial charge in [-0.2, -0.15) is 0 Å². The fourth-order valence-corrected chi connectivity index (χ4v) is 3.43. The van der Waals surface area contributed by atoms with Crippen LogP contribution in [-0.4, -0.2) is 59.2 Å². The fraction of sp³-hybridized carbons (Fsp3) is 0.400. The lowest BCUT2D eigenvalue weighted by molar-refractivity contribution is -0.115. The number of benzene rings is 1. The van der Waals surface area contributed by atoms with Crippen LogP contribution in [0.2, 0.25) is 0 Å². The molecule has 3 heterocycles. The van der Waals surface area contributed by atoms with Gasteiger partial charge in [0.1, 0.15) is 5.69 Å². The van der Waals surface area contributed by atoms with E-state index in [2.05, 4.69) is 37.3 Å². The Morgan fingerprint density at radius 1 is 1.11 bits per heavy atom. The van der Waals surface area contributed by atoms with Gasteiger partial charge in [0, 0.05) is 31.6 Å². The number of anilines is 2. The predicted molar refractivity (Wildman–Crippen MR) is 108 cm³/mol. The number of likely N-dealkylation sites (N-methyl/N-ethyl adjacent to an activating group) is 1. The van der Waals surface area contributed by atoms with Crippen LogP contribution < -0.4 is 10.2 Å². The third kappa shape index (κ3) is 3.68. The van der Waals surface area contributed by atoms with Crippen LogP contribution in [0.5, 0.6) is 0 Å². The van der Waals surface area contributed by atoms with E-state index in [1.54, 1.807) is 0 Å². The van der Waals surface area contributed by atoms with E-state index in [0.717, 1.165) is 48.9 Å². The molecule has 1 aromatic carbocycles. The van der Waals surface area contributed by atoms with Gasteiger partial charge in [-0.3, -0.25) is 4.79 Å². The van der Waals surface area contributed by atoms with Crippen LogP contribution in [0.25, 0.3) is 11.0 Å². The minimum atomic E-state index is -0.166. The second kappa shape index (κ2) is 7.55. The van der Waals surface area contributed by atoms with Crippen molar-refractivity contribution in [2.24, 2.45) is 0 Å². The van der Waals surface area contributed by atoms with Gasteiger partial charge in [-0.05, 0) is 33.0 Å². The van der Waals surface area contributed by atoms with Gasteiger partial charge in [0.25, 0.3) is 0 Å². The number of carbonyl (C=O) groups excluding carboxylic acids is 1. The highest BCUT2D eigenvalue weighted by molar-refractivity contribution is 5.95. The van der Waals surface area contributed by atoms with Crippen LogP contribution in [0.4, 0.5) is 11.6 Å². The van der Waals surface area contributed by atoms with Crippen molar-refractivity contribution in [2.45, 2.75) is 20.3 Å². The molecule has 4 rings (SSSR count). The maximum atomic E-state index is 12.6. The van der Waals surface area contributed by atoms with Crippen LogP contribution >= 0.6 is 0 Å². The quantitative estimate of drug-likeness (QED) is 0.742. The van der Waals surface area contributed by atoms with Crippen LogP contribution in [0.1, 0.15) is 17.1 Å². The lowest BCUT2D eigenvalue weighted by Gasteiger charge is -2.32. The van der Waals surface area contributed by atoms with Crippen LogP contribution in [-0.2, 0) is 11.2 Å². The third-order valence-electron chi connectivity index (χ3n) is 5.09. The Bertz CT molecular complexity index is 984. The summed E-state index contributed by atoms with van der Waals surface area (Å²) in [7, 11) is 2.12. The molecule has 1 amide bonds. The van der Waals surface area contributed by atoms with Crippen molar-refractivity contribution in [3.8, 4) is 0 Å². The molecule has 3 aromatic rings. The summed E-state index contributed by atoms with van der Waals surface area (Å²) in [6.07, 6.45) is 0.135. The molecule has 1 aliphatic heterocycles. The number of aromatic nitrogens is 3. The molecule has 0 atom stereocenters. The van der Waals surface area contributed by atoms with Crippen molar-refractivity contribution in [3.63, 3.8) is 0 Å². The monoisotopic (exact) mass is 380 g/mol. The van der Waals surface area contributed by atoms with Crippen molar-refractivity contribution < 1.29 is 9.32 Å². The molecular weight excluding hydrogens is 356 g/mol. The van der Waals surface area contributed by atoms with Crippen molar-refractivity contribution in [3.05, 3.63) is 41.3 Å². The summed E-state index contributed by atoms with van der Waals surface area (Å²) in [4.78, 5) is 26.3. The molecule has 1 fully saturated rings. The summed E-state index contributed by atoms with van der Waals surface area (Å²) in [6, 6.07) is 7.52. The largest absolute Gasteiger partial charge is 0.356 e. The standard InChI is InChI=1S/C20H24N6O2/c1-13-19(14(2)22-20(21-13)26-10-8-25(3)9-11-26)23-18(27)12-16-15-6-4-5-7-17(15)28-24-16/h4-7H,8-12H2,1-3H3,(H,23,27). The fourth-order valence-electron chi connectivity index (χ4n) is 3.43. The smallest absolute Gasteiger partial charge is 0.230 e. The maximum absolute atomic E-state index is 12.6. The zero-order valence-electron chi connectivity index (χ0n) is 16.4. The van der Waals surface area contributed by atoms with E-state index >= 15 is 0 Å². The predicted octanol–water partition coefficient (Wildman–Crippen LogP) is 2.17. The number of hydrogen-bond donors (Lipinski definition) is 1. The molecular formula is C20H24N6O2. The minimum Gasteiger partial charge on any atom is -0.356 e. The first kappa shape index (κ1) is 18.4. The van der Waals surface area contributed by atoms with Gasteiger partial charge in [-0.1, -0.05) is 17.3 Å². The molecule has 1 N–H and O–H groups in total. The van der Waals surface area contributed by atoms with Gasteiger partial charge in [-0.15, -0.1) is 0 Å². The van der Waals surface area contributed by atoms with Crippen molar-refractivity contribution in [2.75, 3.05) is 43.4 Å². The second-order valence-corrected chi connectivity index (χ2v) is 7.21. The lowest BCUT2D eigenvalue weighted by Crippen LogP contribution is -2.45. The molecule has 146 valence electrons. The lowest BCUT2D eigenvalue weighted by atomic mass is 10.1. The molecule has 8 nitrogen and oxygen atoms in total. The highest BCUT2D eigenvalue weighted by atomic mass is 16.5. The molecule has 0 spiro atoms. The van der Waals surface area contributed by atoms with Crippen molar-refractivity contribution in [1.82, 2.24) is 20.0 Å². The minimum absolute atomic E-state index is 0.135. The molecule has 0 aliphatic carbocycles. The molecule has 0 radical (unpaired) electrons. The van der Waals surface area contributed by atoms with E-state index in [1.807, 2.05) is 38.1 Å². The van der Waals surface area contributed by atoms with E-state index in [-0.39, 0.29) is 12.3 Å². The summed E-state index contributed by atoms with van der Waals surface area (Å²) in [5.41, 5.74) is 3.49. The first-order valence-corrected chi connectivity index (χ1v) is 9.43. The first-order chi connectivity index (χ1) is 13.5. The van der Waals surface area contributed by atoms with Gasteiger partial charge in [0.15, 0.2) is 5.58 Å². The van der Waals surface area contributed by atoms with E-state index in [1.165, 1.54) is 0 Å². The Kier molecular flexibility index (Phi) is 4.95. The number of amides is 1. The zero-order valence-corrected chi connectivity index (χ0v) is 16.4. The number of nitrogens with zero attached hydrogens (tertiary/aromatic N) is 5. The molecule has 2 aromatic heterocycles. The van der Waals surface area contributed by atoms with E-state index in [4.69, 9.17) is 4.52 Å². The van der Waals surface area contributed by atoms with Gasteiger partial charge < -0.3 is 19.6 Å². The average Bonchev–Trinajstić information content (AvgIpc) is 3.08. The third-order valence-corrected chi connectivity index (χ3v) is 5.09. The molecule has 0 unspecified atom stereocenters. The number of fused-ring (bicyclic) bond motifs is 1. The SMILES string of the molecule is Cc1nc(N2CCN(C)CC2)nc(C)c1NC(=O)Cc1noc2ccccc12. The molecule has 8 heteroatoms. The highest BCUT2D eigenvalue weighted by Crippen LogP contribution is 2.23. The normalized spacial score (nSPS) is 15.2. The molecule has 0 saturated carbocycles. The maximum Gasteiger partial charge on any atom is 0.230 e. The topological polar surface area (TPSA) is 87.4 Å². The highest BCUT2D eigenvalue weighted by Gasteiger charge is 2.20.